The number of rotatable bonds is 6. The van der Waals surface area contributed by atoms with Crippen molar-refractivity contribution in [3.63, 3.8) is 0 Å². The second-order valence-corrected chi connectivity index (χ2v) is 6.89. The summed E-state index contributed by atoms with van der Waals surface area (Å²) in [5, 5.41) is 0. The highest BCUT2D eigenvalue weighted by Crippen LogP contribution is 1.92. The maximum absolute atomic E-state index is 5.64. The predicted molar refractivity (Wildman–Crippen MR) is 71.8 cm³/mol. The van der Waals surface area contributed by atoms with E-state index in [1.54, 1.807) is 0 Å². The van der Waals surface area contributed by atoms with Crippen LogP contribution in [0.5, 0.6) is 0 Å². The van der Waals surface area contributed by atoms with Crippen molar-refractivity contribution in [3.8, 4) is 0 Å². The quantitative estimate of drug-likeness (QED) is 0.473. The molecule has 0 aliphatic carbocycles. The molecule has 14 heavy (non-hydrogen) atoms. The summed E-state index contributed by atoms with van der Waals surface area (Å²) in [6.07, 6.45) is 0. The largest absolute Gasteiger partial charge is 0.399 e. The summed E-state index contributed by atoms with van der Waals surface area (Å²) in [4.78, 5) is 0. The van der Waals surface area contributed by atoms with Gasteiger partial charge in [0.05, 0.1) is 10.2 Å². The van der Waals surface area contributed by atoms with E-state index in [1.807, 2.05) is 0 Å². The van der Waals surface area contributed by atoms with E-state index < -0.39 is 19.5 Å². The van der Waals surface area contributed by atoms with Crippen LogP contribution in [-0.4, -0.2) is 35.7 Å². The van der Waals surface area contributed by atoms with E-state index in [4.69, 9.17) is 8.85 Å². The van der Waals surface area contributed by atoms with Gasteiger partial charge in [-0.15, -0.1) is 0 Å². The Morgan fingerprint density at radius 2 is 1.36 bits per heavy atom. The van der Waals surface area contributed by atoms with Crippen molar-refractivity contribution in [2.45, 2.75) is 33.6 Å². The SMILES string of the molecule is CC(C)=C[SiH2]OC([SiH3])O[SiH2]C=C(C)C. The van der Waals surface area contributed by atoms with Gasteiger partial charge in [-0.3, -0.25) is 0 Å². The summed E-state index contributed by atoms with van der Waals surface area (Å²) in [6.45, 7) is 8.43. The molecular weight excluding hydrogens is 224 g/mol. The molecule has 0 aromatic carbocycles. The van der Waals surface area contributed by atoms with Crippen LogP contribution in [0.4, 0.5) is 0 Å². The minimum Gasteiger partial charge on any atom is -0.399 e. The van der Waals surface area contributed by atoms with Crippen LogP contribution in [0.3, 0.4) is 0 Å². The Bertz CT molecular complexity index is 184. The molecule has 0 aromatic rings. The molecule has 82 valence electrons. The third kappa shape index (κ3) is 10.1. The Kier molecular flexibility index (Phi) is 8.40. The second-order valence-electron chi connectivity index (χ2n) is 3.80. The van der Waals surface area contributed by atoms with Crippen molar-refractivity contribution >= 4 is 29.8 Å². The summed E-state index contributed by atoms with van der Waals surface area (Å²) >= 11 is 0. The molecule has 0 aliphatic rings. The molecule has 5 heteroatoms. The van der Waals surface area contributed by atoms with Crippen LogP contribution in [0.25, 0.3) is 0 Å². The molecule has 0 radical (unpaired) electrons. The molecule has 0 bridgehead atoms. The van der Waals surface area contributed by atoms with Gasteiger partial charge >= 0.3 is 0 Å². The first-order valence-corrected chi connectivity index (χ1v) is 8.96. The van der Waals surface area contributed by atoms with Crippen molar-refractivity contribution in [3.05, 3.63) is 22.5 Å². The lowest BCUT2D eigenvalue weighted by Crippen LogP contribution is -2.20. The molecule has 0 aliphatic heterocycles. The van der Waals surface area contributed by atoms with Gasteiger partial charge in [0.25, 0.3) is 0 Å². The highest BCUT2D eigenvalue weighted by molar-refractivity contribution is 6.37. The average Bonchev–Trinajstić information content (AvgIpc) is 2.02. The third-order valence-corrected chi connectivity index (χ3v) is 6.94. The number of hydrogen-bond donors (Lipinski definition) is 0. The van der Waals surface area contributed by atoms with Gasteiger partial charge in [-0.25, -0.2) is 0 Å². The third-order valence-electron chi connectivity index (χ3n) is 1.65. The normalized spacial score (nSPS) is 14.0. The Labute approximate surface area is 95.1 Å². The van der Waals surface area contributed by atoms with Crippen molar-refractivity contribution < 1.29 is 8.85 Å². The highest BCUT2D eigenvalue weighted by Gasteiger charge is 1.98. The van der Waals surface area contributed by atoms with Crippen molar-refractivity contribution in [1.29, 1.82) is 0 Å². The molecule has 0 spiro atoms. The first kappa shape index (κ1) is 14.1. The highest BCUT2D eigenvalue weighted by atomic mass is 28.2. The van der Waals surface area contributed by atoms with Crippen LogP contribution >= 0.6 is 0 Å². The summed E-state index contributed by atoms with van der Waals surface area (Å²) in [6, 6.07) is 0. The lowest BCUT2D eigenvalue weighted by atomic mass is 10.4. The minimum absolute atomic E-state index is 0.125. The zero-order valence-electron chi connectivity index (χ0n) is 9.96. The van der Waals surface area contributed by atoms with Crippen molar-refractivity contribution in [2.75, 3.05) is 0 Å². The zero-order chi connectivity index (χ0) is 11.0. The second kappa shape index (κ2) is 8.37. The summed E-state index contributed by atoms with van der Waals surface area (Å²) < 4.78 is 11.3. The molecule has 0 unspecified atom stereocenters. The van der Waals surface area contributed by atoms with Gasteiger partial charge in [0.15, 0.2) is 19.5 Å². The Morgan fingerprint density at radius 3 is 1.64 bits per heavy atom. The van der Waals surface area contributed by atoms with E-state index in [0.29, 0.717) is 0 Å². The fraction of sp³-hybridized carbons (Fsp3) is 0.556. The zero-order valence-corrected chi connectivity index (χ0v) is 14.8. The molecule has 0 saturated heterocycles. The molecule has 0 amide bonds. The topological polar surface area (TPSA) is 18.5 Å². The number of allylic oxidation sites excluding steroid dienone is 2. The van der Waals surface area contributed by atoms with Crippen LogP contribution in [0.15, 0.2) is 22.5 Å². The molecule has 0 atom stereocenters. The number of hydrogen-bond acceptors (Lipinski definition) is 2. The Balaban J connectivity index is 3.51. The summed E-state index contributed by atoms with van der Waals surface area (Å²) in [7, 11) is 0.0123. The maximum Gasteiger partial charge on any atom is 0.188 e. The first-order chi connectivity index (χ1) is 6.52. The van der Waals surface area contributed by atoms with Gasteiger partial charge in [-0.2, -0.15) is 0 Å². The average molecular weight is 247 g/mol. The molecule has 2 nitrogen and oxygen atoms in total. The van der Waals surface area contributed by atoms with E-state index >= 15 is 0 Å². The van der Waals surface area contributed by atoms with Crippen LogP contribution < -0.4 is 0 Å². The van der Waals surface area contributed by atoms with Gasteiger partial charge in [0.1, 0.15) is 5.91 Å². The van der Waals surface area contributed by atoms with Crippen molar-refractivity contribution in [2.24, 2.45) is 0 Å². The molecule has 0 fully saturated rings. The van der Waals surface area contributed by atoms with Gasteiger partial charge in [0, 0.05) is 0 Å². The lowest BCUT2D eigenvalue weighted by molar-refractivity contribution is 0.0886. The molecular formula is C9H22O2Si3. The Morgan fingerprint density at radius 1 is 1.00 bits per heavy atom. The first-order valence-electron chi connectivity index (χ1n) is 5.02. The monoisotopic (exact) mass is 246 g/mol. The van der Waals surface area contributed by atoms with Gasteiger partial charge in [-0.1, -0.05) is 22.5 Å². The Hall–Kier alpha value is 0.0506. The van der Waals surface area contributed by atoms with E-state index in [9.17, 15) is 0 Å². The van der Waals surface area contributed by atoms with E-state index in [2.05, 4.69) is 39.1 Å². The van der Waals surface area contributed by atoms with Gasteiger partial charge in [-0.05, 0) is 27.7 Å². The standard InChI is InChI=1S/C9H22O2Si3/c1-7(2)5-13-10-9(12)11-14-6-8(3)4/h5-6,9H,13-14H2,1-4,12H3. The fourth-order valence-corrected chi connectivity index (χ4v) is 3.69. The molecule has 0 N–H and O–H groups in total. The van der Waals surface area contributed by atoms with E-state index in [-0.39, 0.29) is 5.91 Å². The van der Waals surface area contributed by atoms with Crippen LogP contribution in [0, 0.1) is 0 Å². The smallest absolute Gasteiger partial charge is 0.188 e. The van der Waals surface area contributed by atoms with Gasteiger partial charge in [0.2, 0.25) is 0 Å². The molecule has 0 aromatic heterocycles. The minimum atomic E-state index is -0.482. The van der Waals surface area contributed by atoms with E-state index in [1.165, 1.54) is 11.1 Å². The maximum atomic E-state index is 5.64. The lowest BCUT2D eigenvalue weighted by Gasteiger charge is -2.12. The molecule has 0 heterocycles. The van der Waals surface area contributed by atoms with Gasteiger partial charge < -0.3 is 8.85 Å². The summed E-state index contributed by atoms with van der Waals surface area (Å²) in [5.74, 6) is 0.125. The van der Waals surface area contributed by atoms with Crippen molar-refractivity contribution in [1.82, 2.24) is 0 Å². The van der Waals surface area contributed by atoms with Crippen LogP contribution in [0.1, 0.15) is 27.7 Å². The van der Waals surface area contributed by atoms with Crippen LogP contribution in [0.2, 0.25) is 0 Å². The van der Waals surface area contributed by atoms with Crippen LogP contribution in [-0.2, 0) is 8.85 Å². The predicted octanol–water partition coefficient (Wildman–Crippen LogP) is -0.316. The summed E-state index contributed by atoms with van der Waals surface area (Å²) in [5.41, 5.74) is 7.15. The molecule has 0 rings (SSSR count). The van der Waals surface area contributed by atoms with E-state index in [0.717, 1.165) is 10.2 Å². The molecule has 0 saturated carbocycles. The fourth-order valence-electron chi connectivity index (χ4n) is 0.749.